The van der Waals surface area contributed by atoms with Crippen molar-refractivity contribution in [3.05, 3.63) is 379 Å². The van der Waals surface area contributed by atoms with Gasteiger partial charge in [0.1, 0.15) is 0 Å². The molecule has 0 fully saturated rings. The predicted octanol–water partition coefficient (Wildman–Crippen LogP) is 15.6. The van der Waals surface area contributed by atoms with Crippen molar-refractivity contribution in [2.24, 2.45) is 0 Å². The van der Waals surface area contributed by atoms with Gasteiger partial charge in [-0.3, -0.25) is 0 Å². The second-order valence-corrected chi connectivity index (χ2v) is 31.4. The molecule has 0 saturated heterocycles. The van der Waals surface area contributed by atoms with Crippen LogP contribution in [0.1, 0.15) is 0 Å². The fraction of sp³-hybridized carbons (Fsp3) is 0. The van der Waals surface area contributed by atoms with E-state index in [4.69, 9.17) is 14.6 Å². The van der Waals surface area contributed by atoms with Gasteiger partial charge in [-0.2, -0.15) is 0 Å². The molecule has 0 amide bonds. The van der Waals surface area contributed by atoms with Gasteiger partial charge >= 0.3 is 37.3 Å². The van der Waals surface area contributed by atoms with E-state index in [1.54, 1.807) is 0 Å². The standard InChI is InChI=1S/3C24H21NP2.Er/c3*1-5-13-21(14-6-1)26(22-15-7-2-8-16-22)25-27(23-17-9-3-10-18-23)24-19-11-4-12-20-24;/h3*1-20,26H;/q;;;+3. The molecular formula is C72H63ErN3P6+3. The van der Waals surface area contributed by atoms with Gasteiger partial charge in [0.2, 0.25) is 0 Å². The summed E-state index contributed by atoms with van der Waals surface area (Å²) in [5, 5.41) is 15.8. The maximum Gasteiger partial charge on any atom is 3.00 e. The van der Waals surface area contributed by atoms with Gasteiger partial charge in [0.25, 0.3) is 0 Å². The molecule has 12 rings (SSSR count). The summed E-state index contributed by atoms with van der Waals surface area (Å²) in [6.07, 6.45) is 0. The van der Waals surface area contributed by atoms with Crippen LogP contribution in [-0.4, -0.2) is 0 Å². The van der Waals surface area contributed by atoms with Crippen LogP contribution in [0.5, 0.6) is 0 Å². The molecule has 0 aliphatic rings. The number of hydrogen-bond acceptors (Lipinski definition) is 0. The van der Waals surface area contributed by atoms with Gasteiger partial charge in [-0.15, -0.1) is 24.2 Å². The molecule has 405 valence electrons. The largest absolute Gasteiger partial charge is 3.00 e. The average Bonchev–Trinajstić information content (AvgIpc) is 3.57. The summed E-state index contributed by atoms with van der Waals surface area (Å²) < 4.78 is 0. The Balaban J connectivity index is 0.000000147. The Morgan fingerprint density at radius 2 is 0.268 bits per heavy atom. The SMILES string of the molecule is [Er+3].c1ccc(P([N-][PH+](c2ccccc2)c2ccccc2)c2ccccc2)cc1.c1ccc(P([N-][PH+](c2ccccc2)c2ccccc2)c2ccccc2)cc1.c1ccc(P([N-][PH+](c2ccccc2)c2ccccc2)c2ccccc2)cc1. The van der Waals surface area contributed by atoms with Gasteiger partial charge in [-0.05, 0) is 129 Å². The van der Waals surface area contributed by atoms with E-state index in [2.05, 4.69) is 364 Å². The number of benzene rings is 12. The minimum absolute atomic E-state index is 0. The smallest absolute Gasteiger partial charge is 0.450 e. The summed E-state index contributed by atoms with van der Waals surface area (Å²) in [5.41, 5.74) is 0. The van der Waals surface area contributed by atoms with E-state index in [9.17, 15) is 0 Å². The molecular weight excluding hydrogens is 1260 g/mol. The van der Waals surface area contributed by atoms with Gasteiger partial charge < -0.3 is 14.6 Å². The zero-order chi connectivity index (χ0) is 54.9. The number of nitrogens with zero attached hydrogens (tertiary/aromatic N) is 3. The van der Waals surface area contributed by atoms with Gasteiger partial charge in [-0.25, -0.2) is 0 Å². The van der Waals surface area contributed by atoms with Crippen molar-refractivity contribution in [2.45, 2.75) is 0 Å². The Morgan fingerprint density at radius 3 is 0.390 bits per heavy atom. The van der Waals surface area contributed by atoms with E-state index < -0.39 is 48.4 Å². The molecule has 0 saturated carbocycles. The van der Waals surface area contributed by atoms with E-state index >= 15 is 0 Å². The van der Waals surface area contributed by atoms with E-state index in [0.717, 1.165) is 0 Å². The molecule has 0 atom stereocenters. The Bertz CT molecular complexity index is 2750. The Hall–Kier alpha value is -5.65. The molecule has 10 heteroatoms. The van der Waals surface area contributed by atoms with Crippen LogP contribution in [0.4, 0.5) is 0 Å². The van der Waals surface area contributed by atoms with Crippen LogP contribution in [0.15, 0.2) is 364 Å². The van der Waals surface area contributed by atoms with Crippen LogP contribution in [-0.2, 0) is 0 Å². The average molecular weight is 1320 g/mol. The van der Waals surface area contributed by atoms with Crippen LogP contribution in [0, 0.1) is 37.3 Å². The third-order valence-corrected chi connectivity index (χ3v) is 27.7. The molecule has 3 nitrogen and oxygen atoms in total. The second kappa shape index (κ2) is 33.6. The molecule has 12 aromatic carbocycles. The number of rotatable bonds is 18. The van der Waals surface area contributed by atoms with Gasteiger partial charge in [0, 0.05) is 0 Å². The summed E-state index contributed by atoms with van der Waals surface area (Å²) in [7, 11) is -6.02. The predicted molar refractivity (Wildman–Crippen MR) is 369 cm³/mol. The van der Waals surface area contributed by atoms with Gasteiger partial charge in [0.15, 0.2) is 0 Å². The van der Waals surface area contributed by atoms with E-state index in [0.29, 0.717) is 0 Å². The van der Waals surface area contributed by atoms with Crippen LogP contribution >= 0.6 is 48.4 Å². The third-order valence-electron chi connectivity index (χ3n) is 12.9. The van der Waals surface area contributed by atoms with E-state index in [-0.39, 0.29) is 37.3 Å². The fourth-order valence-electron chi connectivity index (χ4n) is 8.93. The molecule has 0 heterocycles. The zero-order valence-corrected chi connectivity index (χ0v) is 52.6. The third kappa shape index (κ3) is 17.7. The molecule has 0 spiro atoms. The topological polar surface area (TPSA) is 42.3 Å². The van der Waals surface area contributed by atoms with E-state index in [1.807, 2.05) is 0 Å². The normalized spacial score (nSPS) is 10.9. The zero-order valence-electron chi connectivity index (χ0n) is 45.1. The van der Waals surface area contributed by atoms with Crippen LogP contribution in [0.2, 0.25) is 0 Å². The second-order valence-electron chi connectivity index (χ2n) is 18.5. The minimum Gasteiger partial charge on any atom is -0.450 e. The number of hydrogen-bond donors (Lipinski definition) is 0. The summed E-state index contributed by atoms with van der Waals surface area (Å²) in [6, 6.07) is 129. The van der Waals surface area contributed by atoms with Crippen molar-refractivity contribution < 1.29 is 37.3 Å². The molecule has 82 heavy (non-hydrogen) atoms. The molecule has 0 unspecified atom stereocenters. The summed E-state index contributed by atoms with van der Waals surface area (Å²) in [6.45, 7) is 0. The Labute approximate surface area is 523 Å². The first-order valence-electron chi connectivity index (χ1n) is 27.0. The van der Waals surface area contributed by atoms with Crippen molar-refractivity contribution in [1.82, 2.24) is 0 Å². The molecule has 12 aromatic rings. The van der Waals surface area contributed by atoms with Crippen LogP contribution in [0.3, 0.4) is 0 Å². The first-order valence-corrected chi connectivity index (χ1v) is 35.3. The first kappa shape index (κ1) is 60.9. The molecule has 0 aliphatic heterocycles. The van der Waals surface area contributed by atoms with Crippen molar-refractivity contribution in [1.29, 1.82) is 0 Å². The van der Waals surface area contributed by atoms with Gasteiger partial charge in [0.05, 0.1) is 31.8 Å². The molecule has 0 N–H and O–H groups in total. The quantitative estimate of drug-likeness (QED) is 0.0769. The van der Waals surface area contributed by atoms with Crippen molar-refractivity contribution in [3.8, 4) is 0 Å². The summed E-state index contributed by atoms with van der Waals surface area (Å²) >= 11 is 0. The molecule has 0 aliphatic carbocycles. The Morgan fingerprint density at radius 1 is 0.159 bits per heavy atom. The summed E-state index contributed by atoms with van der Waals surface area (Å²) in [5.74, 6) is 0. The summed E-state index contributed by atoms with van der Waals surface area (Å²) in [4.78, 5) is 16.6. The van der Waals surface area contributed by atoms with Crippen molar-refractivity contribution >= 4 is 112 Å². The van der Waals surface area contributed by atoms with E-state index in [1.165, 1.54) is 63.7 Å². The monoisotopic (exact) mass is 1320 g/mol. The van der Waals surface area contributed by atoms with Crippen molar-refractivity contribution in [3.63, 3.8) is 0 Å². The Kier molecular flexibility index (Phi) is 25.0. The maximum atomic E-state index is 5.52. The van der Waals surface area contributed by atoms with Gasteiger partial charge in [-0.1, -0.05) is 291 Å². The van der Waals surface area contributed by atoms with Crippen LogP contribution in [0.25, 0.3) is 14.6 Å². The fourth-order valence-corrected chi connectivity index (χ4v) is 24.5. The van der Waals surface area contributed by atoms with Crippen molar-refractivity contribution in [2.75, 3.05) is 0 Å². The maximum absolute atomic E-state index is 5.52. The molecule has 0 aromatic heterocycles. The molecule has 1 radical (unpaired) electrons. The first-order chi connectivity index (χ1) is 40.2. The minimum atomic E-state index is -1.24. The molecule has 0 bridgehead atoms. The van der Waals surface area contributed by atoms with Crippen LogP contribution < -0.4 is 63.7 Å².